The summed E-state index contributed by atoms with van der Waals surface area (Å²) < 4.78 is 10.3. The Labute approximate surface area is 72.1 Å². The predicted molar refractivity (Wildman–Crippen MR) is 42.6 cm³/mol. The standard InChI is InChI=1S/C8H16O4/c9-3-1-8(2-4-10)5-11-7-12-6-8/h9-10H,1-7H2. The van der Waals surface area contributed by atoms with E-state index in [9.17, 15) is 0 Å². The van der Waals surface area contributed by atoms with Crippen molar-refractivity contribution in [2.75, 3.05) is 33.2 Å². The smallest absolute Gasteiger partial charge is 0.146 e. The van der Waals surface area contributed by atoms with Crippen LogP contribution in [0.1, 0.15) is 12.8 Å². The third-order valence-electron chi connectivity index (χ3n) is 2.27. The topological polar surface area (TPSA) is 58.9 Å². The monoisotopic (exact) mass is 176 g/mol. The first kappa shape index (κ1) is 9.92. The van der Waals surface area contributed by atoms with Gasteiger partial charge in [0.25, 0.3) is 0 Å². The van der Waals surface area contributed by atoms with E-state index in [4.69, 9.17) is 19.7 Å². The van der Waals surface area contributed by atoms with Gasteiger partial charge in [0, 0.05) is 18.6 Å². The molecule has 0 aliphatic carbocycles. The third-order valence-corrected chi connectivity index (χ3v) is 2.27. The normalized spacial score (nSPS) is 22.5. The first-order valence-electron chi connectivity index (χ1n) is 4.20. The molecule has 0 atom stereocenters. The highest BCUT2D eigenvalue weighted by molar-refractivity contribution is 4.79. The molecule has 1 rings (SSSR count). The molecule has 0 aromatic carbocycles. The molecule has 12 heavy (non-hydrogen) atoms. The SMILES string of the molecule is OCCC1(CCO)COCOC1. The fourth-order valence-electron chi connectivity index (χ4n) is 1.50. The van der Waals surface area contributed by atoms with E-state index in [1.165, 1.54) is 0 Å². The zero-order valence-electron chi connectivity index (χ0n) is 7.16. The Balaban J connectivity index is 2.44. The van der Waals surface area contributed by atoms with Gasteiger partial charge in [0.1, 0.15) is 6.79 Å². The molecule has 4 nitrogen and oxygen atoms in total. The predicted octanol–water partition coefficient (Wildman–Crippen LogP) is -0.258. The molecule has 1 saturated heterocycles. The van der Waals surface area contributed by atoms with Gasteiger partial charge in [-0.05, 0) is 12.8 Å². The van der Waals surface area contributed by atoms with Crippen molar-refractivity contribution in [1.82, 2.24) is 0 Å². The number of ether oxygens (including phenoxy) is 2. The second-order valence-corrected chi connectivity index (χ2v) is 3.26. The number of aliphatic hydroxyl groups excluding tert-OH is 2. The number of aliphatic hydroxyl groups is 2. The van der Waals surface area contributed by atoms with Crippen molar-refractivity contribution in [1.29, 1.82) is 0 Å². The summed E-state index contributed by atoms with van der Waals surface area (Å²) >= 11 is 0. The second-order valence-electron chi connectivity index (χ2n) is 3.26. The van der Waals surface area contributed by atoms with E-state index >= 15 is 0 Å². The summed E-state index contributed by atoms with van der Waals surface area (Å²) in [6.45, 7) is 1.72. The van der Waals surface area contributed by atoms with Gasteiger partial charge in [0.15, 0.2) is 0 Å². The molecular formula is C8H16O4. The molecule has 0 aromatic rings. The van der Waals surface area contributed by atoms with Crippen LogP contribution < -0.4 is 0 Å². The molecule has 1 heterocycles. The highest BCUT2D eigenvalue weighted by atomic mass is 16.7. The van der Waals surface area contributed by atoms with Crippen molar-refractivity contribution in [2.45, 2.75) is 12.8 Å². The van der Waals surface area contributed by atoms with Gasteiger partial charge in [-0.1, -0.05) is 0 Å². The van der Waals surface area contributed by atoms with Gasteiger partial charge >= 0.3 is 0 Å². The average Bonchev–Trinajstić information content (AvgIpc) is 2.07. The summed E-state index contributed by atoms with van der Waals surface area (Å²) in [4.78, 5) is 0. The number of hydrogen-bond acceptors (Lipinski definition) is 4. The maximum absolute atomic E-state index is 8.82. The Morgan fingerprint density at radius 1 is 1.00 bits per heavy atom. The largest absolute Gasteiger partial charge is 0.396 e. The second kappa shape index (κ2) is 4.77. The molecule has 0 spiro atoms. The Morgan fingerprint density at radius 3 is 1.92 bits per heavy atom. The van der Waals surface area contributed by atoms with Crippen LogP contribution in [0.5, 0.6) is 0 Å². The average molecular weight is 176 g/mol. The van der Waals surface area contributed by atoms with Gasteiger partial charge in [-0.2, -0.15) is 0 Å². The summed E-state index contributed by atoms with van der Waals surface area (Å²) in [5, 5.41) is 17.6. The first-order chi connectivity index (χ1) is 5.83. The number of hydrogen-bond donors (Lipinski definition) is 2. The molecule has 1 aliphatic rings. The molecule has 0 radical (unpaired) electrons. The van der Waals surface area contributed by atoms with Crippen LogP contribution in [0.3, 0.4) is 0 Å². The van der Waals surface area contributed by atoms with Crippen LogP contribution >= 0.6 is 0 Å². The van der Waals surface area contributed by atoms with Crippen LogP contribution in [-0.4, -0.2) is 43.4 Å². The van der Waals surface area contributed by atoms with E-state index in [0.717, 1.165) is 0 Å². The molecule has 1 aliphatic heterocycles. The molecular weight excluding hydrogens is 160 g/mol. The van der Waals surface area contributed by atoms with Gasteiger partial charge in [-0.15, -0.1) is 0 Å². The van der Waals surface area contributed by atoms with Crippen LogP contribution in [0.4, 0.5) is 0 Å². The molecule has 1 fully saturated rings. The van der Waals surface area contributed by atoms with Crippen LogP contribution in [0.2, 0.25) is 0 Å². The van der Waals surface area contributed by atoms with Crippen molar-refractivity contribution >= 4 is 0 Å². The minimum Gasteiger partial charge on any atom is -0.396 e. The van der Waals surface area contributed by atoms with Gasteiger partial charge in [-0.25, -0.2) is 0 Å². The Kier molecular flexibility index (Phi) is 3.94. The maximum atomic E-state index is 8.82. The minimum atomic E-state index is -0.165. The van der Waals surface area contributed by atoms with E-state index in [-0.39, 0.29) is 18.6 Å². The summed E-state index contributed by atoms with van der Waals surface area (Å²) in [6.07, 6.45) is 1.27. The van der Waals surface area contributed by atoms with Gasteiger partial charge in [-0.3, -0.25) is 0 Å². The highest BCUT2D eigenvalue weighted by Crippen LogP contribution is 2.29. The van der Waals surface area contributed by atoms with Crippen molar-refractivity contribution in [3.63, 3.8) is 0 Å². The van der Waals surface area contributed by atoms with Crippen LogP contribution in [0, 0.1) is 5.41 Å². The quantitative estimate of drug-likeness (QED) is 0.619. The number of rotatable bonds is 4. The Morgan fingerprint density at radius 2 is 1.50 bits per heavy atom. The molecule has 4 heteroatoms. The lowest BCUT2D eigenvalue weighted by molar-refractivity contribution is -0.173. The van der Waals surface area contributed by atoms with E-state index < -0.39 is 0 Å². The van der Waals surface area contributed by atoms with E-state index in [1.54, 1.807) is 0 Å². The first-order valence-corrected chi connectivity index (χ1v) is 4.20. The lowest BCUT2D eigenvalue weighted by Crippen LogP contribution is -2.39. The molecule has 2 N–H and O–H groups in total. The molecule has 0 unspecified atom stereocenters. The maximum Gasteiger partial charge on any atom is 0.146 e. The fraction of sp³-hybridized carbons (Fsp3) is 1.00. The van der Waals surface area contributed by atoms with Crippen molar-refractivity contribution in [3.8, 4) is 0 Å². The molecule has 72 valence electrons. The molecule has 0 aromatic heterocycles. The van der Waals surface area contributed by atoms with Crippen LogP contribution in [0.25, 0.3) is 0 Å². The minimum absolute atomic E-state index is 0.118. The summed E-state index contributed by atoms with van der Waals surface area (Å²) in [6, 6.07) is 0. The van der Waals surface area contributed by atoms with Crippen molar-refractivity contribution in [3.05, 3.63) is 0 Å². The Bertz CT molecular complexity index is 105. The lowest BCUT2D eigenvalue weighted by atomic mass is 9.83. The molecule has 0 saturated carbocycles. The Hall–Kier alpha value is -0.160. The van der Waals surface area contributed by atoms with E-state index in [2.05, 4.69) is 0 Å². The summed E-state index contributed by atoms with van der Waals surface area (Å²) in [7, 11) is 0. The zero-order chi connectivity index (χ0) is 8.86. The summed E-state index contributed by atoms with van der Waals surface area (Å²) in [5.41, 5.74) is -0.165. The van der Waals surface area contributed by atoms with Crippen molar-refractivity contribution in [2.24, 2.45) is 5.41 Å². The van der Waals surface area contributed by atoms with Crippen molar-refractivity contribution < 1.29 is 19.7 Å². The lowest BCUT2D eigenvalue weighted by Gasteiger charge is -2.35. The molecule has 0 amide bonds. The van der Waals surface area contributed by atoms with Crippen LogP contribution in [0.15, 0.2) is 0 Å². The summed E-state index contributed by atoms with van der Waals surface area (Å²) in [5.74, 6) is 0. The van der Waals surface area contributed by atoms with Gasteiger partial charge in [0.2, 0.25) is 0 Å². The van der Waals surface area contributed by atoms with E-state index in [0.29, 0.717) is 32.8 Å². The third kappa shape index (κ3) is 2.42. The fourth-order valence-corrected chi connectivity index (χ4v) is 1.50. The van der Waals surface area contributed by atoms with Gasteiger partial charge in [0.05, 0.1) is 13.2 Å². The van der Waals surface area contributed by atoms with E-state index in [1.807, 2.05) is 0 Å². The molecule has 0 bridgehead atoms. The zero-order valence-corrected chi connectivity index (χ0v) is 7.16. The van der Waals surface area contributed by atoms with Crippen LogP contribution in [-0.2, 0) is 9.47 Å². The highest BCUT2D eigenvalue weighted by Gasteiger charge is 2.32. The van der Waals surface area contributed by atoms with Gasteiger partial charge < -0.3 is 19.7 Å².